The van der Waals surface area contributed by atoms with Gasteiger partial charge in [0.2, 0.25) is 0 Å². The van der Waals surface area contributed by atoms with Crippen LogP contribution in [-0.4, -0.2) is 18.9 Å². The summed E-state index contributed by atoms with van der Waals surface area (Å²) in [4.78, 5) is 2.30. The summed E-state index contributed by atoms with van der Waals surface area (Å²) in [5.74, 6) is 0.700. The van der Waals surface area contributed by atoms with Gasteiger partial charge in [-0.3, -0.25) is 5.41 Å². The van der Waals surface area contributed by atoms with Crippen molar-refractivity contribution in [3.8, 4) is 0 Å². The predicted octanol–water partition coefficient (Wildman–Crippen LogP) is 3.50. The lowest BCUT2D eigenvalue weighted by atomic mass is 9.80. The molecule has 4 heteroatoms. The molecule has 0 aromatic heterocycles. The van der Waals surface area contributed by atoms with E-state index in [1.165, 1.54) is 6.42 Å². The third kappa shape index (κ3) is 2.86. The van der Waals surface area contributed by atoms with E-state index in [9.17, 15) is 0 Å². The van der Waals surface area contributed by atoms with Crippen LogP contribution in [-0.2, 0) is 0 Å². The van der Waals surface area contributed by atoms with Gasteiger partial charge in [0.05, 0.1) is 10.6 Å². The summed E-state index contributed by atoms with van der Waals surface area (Å²) in [6, 6.07) is 5.72. The molecule has 3 N–H and O–H groups in total. The van der Waals surface area contributed by atoms with Gasteiger partial charge in [0.15, 0.2) is 0 Å². The molecule has 0 saturated carbocycles. The van der Waals surface area contributed by atoms with Crippen molar-refractivity contribution < 1.29 is 0 Å². The van der Waals surface area contributed by atoms with Gasteiger partial charge in [0.1, 0.15) is 5.84 Å². The van der Waals surface area contributed by atoms with Crippen LogP contribution in [0.3, 0.4) is 0 Å². The Kier molecular flexibility index (Phi) is 3.77. The molecule has 19 heavy (non-hydrogen) atoms. The zero-order valence-corrected chi connectivity index (χ0v) is 12.6. The molecule has 0 spiro atoms. The molecule has 1 atom stereocenters. The fourth-order valence-corrected chi connectivity index (χ4v) is 3.00. The summed E-state index contributed by atoms with van der Waals surface area (Å²) >= 11 is 6.18. The third-order valence-corrected chi connectivity index (χ3v) is 4.33. The van der Waals surface area contributed by atoms with E-state index in [2.05, 4.69) is 25.7 Å². The van der Waals surface area contributed by atoms with Crippen molar-refractivity contribution >= 4 is 23.1 Å². The maximum absolute atomic E-state index is 7.72. The zero-order chi connectivity index (χ0) is 14.2. The largest absolute Gasteiger partial charge is 0.384 e. The second-order valence-electron chi connectivity index (χ2n) is 6.35. The van der Waals surface area contributed by atoms with Gasteiger partial charge in [-0.2, -0.15) is 0 Å². The Morgan fingerprint density at radius 1 is 1.42 bits per heavy atom. The first-order valence-corrected chi connectivity index (χ1v) is 7.06. The van der Waals surface area contributed by atoms with Gasteiger partial charge in [-0.25, -0.2) is 0 Å². The number of benzene rings is 1. The Morgan fingerprint density at radius 2 is 2.11 bits per heavy atom. The first-order valence-electron chi connectivity index (χ1n) is 6.68. The highest BCUT2D eigenvalue weighted by Gasteiger charge is 2.32. The van der Waals surface area contributed by atoms with Crippen molar-refractivity contribution in [2.75, 3.05) is 18.0 Å². The van der Waals surface area contributed by atoms with Gasteiger partial charge in [-0.1, -0.05) is 38.4 Å². The fraction of sp³-hybridized carbons (Fsp3) is 0.533. The smallest absolute Gasteiger partial charge is 0.126 e. The molecule has 0 bridgehead atoms. The lowest BCUT2D eigenvalue weighted by molar-refractivity contribution is 0.263. The monoisotopic (exact) mass is 279 g/mol. The minimum Gasteiger partial charge on any atom is -0.384 e. The molecular weight excluding hydrogens is 258 g/mol. The van der Waals surface area contributed by atoms with E-state index < -0.39 is 0 Å². The highest BCUT2D eigenvalue weighted by molar-refractivity contribution is 6.34. The van der Waals surface area contributed by atoms with Crippen LogP contribution in [0.2, 0.25) is 5.02 Å². The molecule has 2 rings (SSSR count). The minimum atomic E-state index is 0.0415. The van der Waals surface area contributed by atoms with Crippen molar-refractivity contribution in [1.29, 1.82) is 5.41 Å². The Balaban J connectivity index is 2.30. The van der Waals surface area contributed by atoms with E-state index in [1.54, 1.807) is 6.07 Å². The summed E-state index contributed by atoms with van der Waals surface area (Å²) in [7, 11) is 0. The number of nitrogen functional groups attached to an aromatic ring is 1. The number of hydrogen-bond donors (Lipinski definition) is 2. The normalized spacial score (nSPS) is 19.8. The van der Waals surface area contributed by atoms with Crippen molar-refractivity contribution in [1.82, 2.24) is 0 Å². The number of halogens is 1. The molecule has 1 aliphatic heterocycles. The molecule has 104 valence electrons. The van der Waals surface area contributed by atoms with Gasteiger partial charge in [0.25, 0.3) is 0 Å². The number of nitrogens with zero attached hydrogens (tertiary/aromatic N) is 1. The summed E-state index contributed by atoms with van der Waals surface area (Å²) in [6.45, 7) is 8.85. The quantitative estimate of drug-likeness (QED) is 0.643. The van der Waals surface area contributed by atoms with Gasteiger partial charge in [-0.05, 0) is 29.9 Å². The average molecular weight is 280 g/mol. The Morgan fingerprint density at radius 3 is 2.63 bits per heavy atom. The maximum atomic E-state index is 7.72. The standard InChI is InChI=1S/C15H22ClN3/c1-15(2,3)10-7-8-19(9-10)12-6-4-5-11(16)13(12)14(17)18/h4-6,10H,7-9H2,1-3H3,(H3,17,18). The predicted molar refractivity (Wildman–Crippen MR) is 82.2 cm³/mol. The Bertz CT molecular complexity index is 491. The van der Waals surface area contributed by atoms with E-state index in [0.717, 1.165) is 18.8 Å². The number of nitrogens with one attached hydrogen (secondary N) is 1. The van der Waals surface area contributed by atoms with Crippen LogP contribution in [0.25, 0.3) is 0 Å². The first-order chi connectivity index (χ1) is 8.80. The molecule has 3 nitrogen and oxygen atoms in total. The zero-order valence-electron chi connectivity index (χ0n) is 11.8. The average Bonchev–Trinajstić information content (AvgIpc) is 2.76. The minimum absolute atomic E-state index is 0.0415. The number of amidine groups is 1. The molecule has 1 aromatic rings. The first kappa shape index (κ1) is 14.2. The van der Waals surface area contributed by atoms with Crippen LogP contribution in [0.4, 0.5) is 5.69 Å². The number of hydrogen-bond acceptors (Lipinski definition) is 2. The van der Waals surface area contributed by atoms with Crippen LogP contribution >= 0.6 is 11.6 Å². The van der Waals surface area contributed by atoms with Crippen molar-refractivity contribution in [3.05, 3.63) is 28.8 Å². The highest BCUT2D eigenvalue weighted by Crippen LogP contribution is 2.37. The van der Waals surface area contributed by atoms with Crippen molar-refractivity contribution in [2.24, 2.45) is 17.1 Å². The molecular formula is C15H22ClN3. The van der Waals surface area contributed by atoms with E-state index in [0.29, 0.717) is 21.9 Å². The van der Waals surface area contributed by atoms with Crippen LogP contribution < -0.4 is 10.6 Å². The molecule has 1 saturated heterocycles. The molecule has 1 aliphatic rings. The molecule has 1 fully saturated rings. The second-order valence-corrected chi connectivity index (χ2v) is 6.75. The van der Waals surface area contributed by atoms with Gasteiger partial charge in [0, 0.05) is 18.8 Å². The fourth-order valence-electron chi connectivity index (χ4n) is 2.73. The maximum Gasteiger partial charge on any atom is 0.126 e. The number of nitrogens with two attached hydrogens (primary N) is 1. The number of rotatable bonds is 2. The molecule has 1 heterocycles. The SMILES string of the molecule is CC(C)(C)C1CCN(c2cccc(Cl)c2C(=N)N)C1. The molecule has 0 radical (unpaired) electrons. The second kappa shape index (κ2) is 5.04. The van der Waals surface area contributed by atoms with Crippen LogP contribution in [0.5, 0.6) is 0 Å². The Hall–Kier alpha value is -1.22. The summed E-state index contributed by atoms with van der Waals surface area (Å²) < 4.78 is 0. The number of anilines is 1. The lowest BCUT2D eigenvalue weighted by Gasteiger charge is -2.28. The third-order valence-electron chi connectivity index (χ3n) is 4.01. The summed E-state index contributed by atoms with van der Waals surface area (Å²) in [5, 5.41) is 8.28. The van der Waals surface area contributed by atoms with E-state index in [-0.39, 0.29) is 5.84 Å². The van der Waals surface area contributed by atoms with Crippen LogP contribution in [0, 0.1) is 16.7 Å². The van der Waals surface area contributed by atoms with Gasteiger partial charge in [-0.15, -0.1) is 0 Å². The summed E-state index contributed by atoms with van der Waals surface area (Å²) in [5.41, 5.74) is 7.64. The Labute approximate surface area is 120 Å². The summed E-state index contributed by atoms with van der Waals surface area (Å²) in [6.07, 6.45) is 1.17. The van der Waals surface area contributed by atoms with Gasteiger partial charge >= 0.3 is 0 Å². The van der Waals surface area contributed by atoms with E-state index in [1.807, 2.05) is 12.1 Å². The molecule has 1 unspecified atom stereocenters. The lowest BCUT2D eigenvalue weighted by Crippen LogP contribution is -2.27. The van der Waals surface area contributed by atoms with Crippen LogP contribution in [0.1, 0.15) is 32.8 Å². The van der Waals surface area contributed by atoms with E-state index in [4.69, 9.17) is 22.7 Å². The van der Waals surface area contributed by atoms with Crippen LogP contribution in [0.15, 0.2) is 18.2 Å². The topological polar surface area (TPSA) is 53.1 Å². The molecule has 0 aliphatic carbocycles. The van der Waals surface area contributed by atoms with Crippen molar-refractivity contribution in [3.63, 3.8) is 0 Å². The van der Waals surface area contributed by atoms with Gasteiger partial charge < -0.3 is 10.6 Å². The molecule has 0 amide bonds. The highest BCUT2D eigenvalue weighted by atomic mass is 35.5. The molecule has 1 aromatic carbocycles. The van der Waals surface area contributed by atoms with E-state index >= 15 is 0 Å². The van der Waals surface area contributed by atoms with Crippen molar-refractivity contribution in [2.45, 2.75) is 27.2 Å².